The van der Waals surface area contributed by atoms with E-state index >= 15 is 0 Å². The second kappa shape index (κ2) is 13.8. The summed E-state index contributed by atoms with van der Waals surface area (Å²) in [4.78, 5) is 55.7. The van der Waals surface area contributed by atoms with Crippen molar-refractivity contribution in [1.82, 2.24) is 0 Å². The van der Waals surface area contributed by atoms with Gasteiger partial charge in [-0.1, -0.05) is 42.0 Å². The number of anilines is 2. The molecule has 3 fully saturated rings. The van der Waals surface area contributed by atoms with Gasteiger partial charge in [-0.2, -0.15) is 0 Å². The fourth-order valence-electron chi connectivity index (χ4n) is 8.83. The topological polar surface area (TPSA) is 123 Å². The van der Waals surface area contributed by atoms with Crippen LogP contribution in [0.1, 0.15) is 35.4 Å². The number of benzene rings is 4. The molecule has 8 rings (SSSR count). The molecule has 13 heteroatoms. The first-order valence-corrected chi connectivity index (χ1v) is 18.6. The summed E-state index contributed by atoms with van der Waals surface area (Å²) in [6.45, 7) is 0. The number of methoxy groups -OCH3 is 3. The van der Waals surface area contributed by atoms with Gasteiger partial charge in [0.05, 0.1) is 44.5 Å². The lowest BCUT2D eigenvalue weighted by Crippen LogP contribution is -2.60. The number of fused-ring (bicyclic) bond motifs is 4. The Hall–Kier alpha value is -5.65. The fraction of sp³-hybridized carbons (Fsp3) is 0.256. The molecule has 4 aliphatic rings. The maximum absolute atomic E-state index is 14.6. The number of amides is 4. The lowest BCUT2D eigenvalue weighted by atomic mass is 9.56. The van der Waals surface area contributed by atoms with Crippen LogP contribution in [0.4, 0.5) is 15.8 Å². The molecular formula is C43H35Cl2FN2O8. The maximum Gasteiger partial charge on any atom is 0.258 e. The number of imide groups is 2. The Morgan fingerprint density at radius 1 is 0.750 bits per heavy atom. The highest BCUT2D eigenvalue weighted by molar-refractivity contribution is 6.58. The molecule has 0 aromatic heterocycles. The molecule has 0 bridgehead atoms. The predicted octanol–water partition coefficient (Wildman–Crippen LogP) is 7.50. The summed E-state index contributed by atoms with van der Waals surface area (Å²) in [5.41, 5.74) is 2.95. The van der Waals surface area contributed by atoms with Gasteiger partial charge in [0.1, 0.15) is 28.8 Å². The molecule has 56 heavy (non-hydrogen) atoms. The number of carbonyl (C=O) groups is 4. The van der Waals surface area contributed by atoms with Crippen LogP contribution in [0.5, 0.6) is 23.0 Å². The van der Waals surface area contributed by atoms with Crippen molar-refractivity contribution in [2.75, 3.05) is 31.1 Å². The minimum atomic E-state index is -2.15. The Kier molecular flexibility index (Phi) is 9.20. The number of nitrogens with zero attached hydrogens (tertiary/aromatic N) is 2. The van der Waals surface area contributed by atoms with Gasteiger partial charge >= 0.3 is 0 Å². The molecule has 1 saturated carbocycles. The SMILES string of the molecule is COc1ccc(OC)c(C=Cc2ccc(N3C(=O)[C@H]4[C@H](CC=C5[C@H]4C[C@@]4(Cl)C(=O)N(c6ccc(F)cc6)C(=O)[C@@]4(Cl)[C@H]5c4ccc(O)cc4OC)C3=O)cc2)c1. The Bertz CT molecular complexity index is 2370. The van der Waals surface area contributed by atoms with Crippen molar-refractivity contribution in [3.05, 3.63) is 119 Å². The van der Waals surface area contributed by atoms with Gasteiger partial charge in [0.2, 0.25) is 11.8 Å². The van der Waals surface area contributed by atoms with Crippen molar-refractivity contribution in [1.29, 1.82) is 0 Å². The van der Waals surface area contributed by atoms with Crippen LogP contribution in [-0.2, 0) is 19.2 Å². The first kappa shape index (κ1) is 37.3. The second-order valence-electron chi connectivity index (χ2n) is 14.2. The molecule has 2 heterocycles. The van der Waals surface area contributed by atoms with Crippen molar-refractivity contribution in [3.63, 3.8) is 0 Å². The Morgan fingerprint density at radius 2 is 1.43 bits per heavy atom. The van der Waals surface area contributed by atoms with Gasteiger partial charge < -0.3 is 19.3 Å². The van der Waals surface area contributed by atoms with E-state index in [9.17, 15) is 28.7 Å². The molecule has 2 saturated heterocycles. The van der Waals surface area contributed by atoms with E-state index in [4.69, 9.17) is 37.4 Å². The first-order chi connectivity index (χ1) is 26.9. The fourth-order valence-corrected chi connectivity index (χ4v) is 9.75. The van der Waals surface area contributed by atoms with Crippen LogP contribution in [0, 0.1) is 23.6 Å². The average molecular weight is 798 g/mol. The minimum absolute atomic E-state index is 0.0707. The van der Waals surface area contributed by atoms with E-state index < -0.39 is 62.9 Å². The summed E-state index contributed by atoms with van der Waals surface area (Å²) in [5.74, 6) is -5.36. The van der Waals surface area contributed by atoms with Gasteiger partial charge in [0, 0.05) is 23.1 Å². The van der Waals surface area contributed by atoms with Crippen LogP contribution in [0.25, 0.3) is 12.2 Å². The van der Waals surface area contributed by atoms with Gasteiger partial charge in [-0.25, -0.2) is 9.29 Å². The van der Waals surface area contributed by atoms with Gasteiger partial charge in [-0.3, -0.25) is 24.1 Å². The number of phenols is 1. The number of allylic oxidation sites excluding steroid dienone is 2. The van der Waals surface area contributed by atoms with Crippen molar-refractivity contribution >= 4 is 70.4 Å². The van der Waals surface area contributed by atoms with Crippen LogP contribution in [0.15, 0.2) is 96.6 Å². The van der Waals surface area contributed by atoms with Crippen molar-refractivity contribution in [2.45, 2.75) is 28.5 Å². The van der Waals surface area contributed by atoms with Crippen LogP contribution in [0.2, 0.25) is 0 Å². The molecule has 4 aromatic carbocycles. The van der Waals surface area contributed by atoms with Crippen LogP contribution >= 0.6 is 23.2 Å². The Morgan fingerprint density at radius 3 is 2.11 bits per heavy atom. The van der Waals surface area contributed by atoms with Gasteiger partial charge in [0.25, 0.3) is 11.8 Å². The molecule has 2 aliphatic carbocycles. The smallest absolute Gasteiger partial charge is 0.258 e. The van der Waals surface area contributed by atoms with Gasteiger partial charge in [-0.15, -0.1) is 23.2 Å². The highest BCUT2D eigenvalue weighted by Gasteiger charge is 2.77. The summed E-state index contributed by atoms with van der Waals surface area (Å²) in [7, 11) is 4.55. The zero-order chi connectivity index (χ0) is 39.7. The molecule has 0 unspecified atom stereocenters. The number of hydrogen-bond donors (Lipinski definition) is 1. The molecule has 4 aromatic rings. The zero-order valence-corrected chi connectivity index (χ0v) is 31.9. The number of rotatable bonds is 8. The summed E-state index contributed by atoms with van der Waals surface area (Å²) in [6, 6.07) is 21.5. The molecule has 10 nitrogen and oxygen atoms in total. The van der Waals surface area contributed by atoms with Crippen molar-refractivity contribution < 1.29 is 42.9 Å². The summed E-state index contributed by atoms with van der Waals surface area (Å²) < 4.78 is 30.5. The number of alkyl halides is 2. The summed E-state index contributed by atoms with van der Waals surface area (Å²) in [5, 5.41) is 10.4. The van der Waals surface area contributed by atoms with Crippen LogP contribution < -0.4 is 24.0 Å². The number of aromatic hydroxyl groups is 1. The van der Waals surface area contributed by atoms with E-state index in [1.807, 2.05) is 30.4 Å². The van der Waals surface area contributed by atoms with Gasteiger partial charge in [-0.05, 0) is 85.0 Å². The molecule has 6 atom stereocenters. The first-order valence-electron chi connectivity index (χ1n) is 17.8. The summed E-state index contributed by atoms with van der Waals surface area (Å²) >= 11 is 14.9. The maximum atomic E-state index is 14.6. The molecule has 0 spiro atoms. The standard InChI is InChI=1S/C43H35Cl2FN2O8/c1-54-29-15-19-34(55-2)24(20-29)7-4-23-5-10-26(11-6-23)47-38(50)32-18-17-30-33(36(32)39(47)51)22-42(44)40(52)48(27-12-8-25(46)9-13-27)41(53)43(42,45)37(30)31-16-14-28(49)21-35(31)56-3/h4-17,19-21,32-33,36-37,49H,18,22H2,1-3H3/t32-,33+,36-,37+,42+,43-/m0/s1. The van der Waals surface area contributed by atoms with E-state index in [-0.39, 0.29) is 30.0 Å². The van der Waals surface area contributed by atoms with Crippen LogP contribution in [0.3, 0.4) is 0 Å². The molecule has 0 radical (unpaired) electrons. The van der Waals surface area contributed by atoms with E-state index in [1.54, 1.807) is 50.6 Å². The molecule has 2 aliphatic heterocycles. The summed E-state index contributed by atoms with van der Waals surface area (Å²) in [6.07, 6.45) is 5.48. The van der Waals surface area contributed by atoms with E-state index in [0.29, 0.717) is 28.3 Å². The third-order valence-electron chi connectivity index (χ3n) is 11.5. The molecule has 4 amide bonds. The normalized spacial score (nSPS) is 26.9. The van der Waals surface area contributed by atoms with Crippen molar-refractivity contribution in [3.8, 4) is 23.0 Å². The predicted molar refractivity (Wildman–Crippen MR) is 209 cm³/mol. The Balaban J connectivity index is 1.17. The second-order valence-corrected chi connectivity index (χ2v) is 15.5. The Labute approximate surface area is 331 Å². The number of hydrogen-bond acceptors (Lipinski definition) is 8. The number of ether oxygens (including phenoxy) is 3. The molecule has 1 N–H and O–H groups in total. The van der Waals surface area contributed by atoms with E-state index in [0.717, 1.165) is 28.2 Å². The number of halogens is 3. The minimum Gasteiger partial charge on any atom is -0.508 e. The highest BCUT2D eigenvalue weighted by Crippen LogP contribution is 2.66. The van der Waals surface area contributed by atoms with E-state index in [1.165, 1.54) is 36.3 Å². The average Bonchev–Trinajstić information content (AvgIpc) is 3.54. The van der Waals surface area contributed by atoms with Gasteiger partial charge in [0.15, 0.2) is 9.75 Å². The molecular weight excluding hydrogens is 762 g/mol. The number of carbonyl (C=O) groups excluding carboxylic acids is 4. The third kappa shape index (κ3) is 5.50. The monoisotopic (exact) mass is 796 g/mol. The lowest BCUT2D eigenvalue weighted by molar-refractivity contribution is -0.125. The third-order valence-corrected chi connectivity index (χ3v) is 12.9. The highest BCUT2D eigenvalue weighted by atomic mass is 35.5. The largest absolute Gasteiger partial charge is 0.508 e. The quantitative estimate of drug-likeness (QED) is 0.0843. The van der Waals surface area contributed by atoms with Crippen molar-refractivity contribution in [2.24, 2.45) is 17.8 Å². The zero-order valence-electron chi connectivity index (χ0n) is 30.4. The lowest BCUT2D eigenvalue weighted by Gasteiger charge is -2.50. The van der Waals surface area contributed by atoms with Crippen LogP contribution in [-0.4, -0.2) is 59.8 Å². The van der Waals surface area contributed by atoms with E-state index in [2.05, 4.69) is 0 Å². The molecule has 286 valence electrons. The number of phenolic OH excluding ortho intramolecular Hbond substituents is 1.